The fourth-order valence-corrected chi connectivity index (χ4v) is 7.19. The van der Waals surface area contributed by atoms with Crippen molar-refractivity contribution in [2.24, 2.45) is 0 Å². The van der Waals surface area contributed by atoms with Gasteiger partial charge in [0.15, 0.2) is 0 Å². The Labute approximate surface area is 275 Å². The molecule has 1 nitrogen and oxygen atoms in total. The predicted octanol–water partition coefficient (Wildman–Crippen LogP) is 13.0. The average molecular weight is 598 g/mol. The van der Waals surface area contributed by atoms with Crippen LogP contribution in [0.25, 0.3) is 66.4 Å². The molecule has 0 aromatic heterocycles. The summed E-state index contributed by atoms with van der Waals surface area (Å²) in [6, 6.07) is 68.2. The number of benzene rings is 8. The topological polar surface area (TPSA) is 3.24 Å². The molecule has 0 spiro atoms. The van der Waals surface area contributed by atoms with Gasteiger partial charge in [-0.1, -0.05) is 152 Å². The predicted molar refractivity (Wildman–Crippen MR) is 199 cm³/mol. The second-order valence-electron chi connectivity index (χ2n) is 12.1. The summed E-state index contributed by atoms with van der Waals surface area (Å²) in [6.07, 6.45) is 0. The fraction of sp³-hybridized carbons (Fsp3) is 0. The molecule has 47 heavy (non-hydrogen) atoms. The molecular formula is C46H31N. The van der Waals surface area contributed by atoms with Crippen molar-refractivity contribution in [1.82, 2.24) is 0 Å². The van der Waals surface area contributed by atoms with E-state index >= 15 is 0 Å². The average Bonchev–Trinajstić information content (AvgIpc) is 3.27. The Morgan fingerprint density at radius 3 is 1.21 bits per heavy atom. The van der Waals surface area contributed by atoms with Crippen LogP contribution in [0, 0.1) is 0 Å². The monoisotopic (exact) mass is 597 g/mol. The van der Waals surface area contributed by atoms with Crippen molar-refractivity contribution >= 4 is 27.8 Å². The van der Waals surface area contributed by atoms with Gasteiger partial charge in [0.05, 0.1) is 0 Å². The molecule has 0 atom stereocenters. The molecule has 0 radical (unpaired) electrons. The second kappa shape index (κ2) is 11.3. The highest BCUT2D eigenvalue weighted by atomic mass is 15.1. The Hall–Kier alpha value is -6.18. The van der Waals surface area contributed by atoms with E-state index in [1.54, 1.807) is 0 Å². The molecule has 0 N–H and O–H groups in total. The van der Waals surface area contributed by atoms with Crippen LogP contribution in [-0.2, 0) is 0 Å². The lowest BCUT2D eigenvalue weighted by molar-refractivity contribution is 1.28. The van der Waals surface area contributed by atoms with E-state index < -0.39 is 0 Å². The van der Waals surface area contributed by atoms with Crippen LogP contribution >= 0.6 is 0 Å². The number of hydrogen-bond donors (Lipinski definition) is 0. The lowest BCUT2D eigenvalue weighted by Crippen LogP contribution is -2.10. The van der Waals surface area contributed by atoms with E-state index in [0.717, 1.165) is 17.1 Å². The van der Waals surface area contributed by atoms with Gasteiger partial charge < -0.3 is 4.90 Å². The van der Waals surface area contributed by atoms with E-state index in [1.165, 1.54) is 66.4 Å². The summed E-state index contributed by atoms with van der Waals surface area (Å²) in [5.74, 6) is 0. The van der Waals surface area contributed by atoms with Crippen molar-refractivity contribution in [2.45, 2.75) is 0 Å². The second-order valence-corrected chi connectivity index (χ2v) is 12.1. The van der Waals surface area contributed by atoms with Gasteiger partial charge in [-0.3, -0.25) is 0 Å². The third-order valence-corrected chi connectivity index (χ3v) is 9.43. The van der Waals surface area contributed by atoms with Gasteiger partial charge in [-0.25, -0.2) is 0 Å². The summed E-state index contributed by atoms with van der Waals surface area (Å²) in [7, 11) is 0. The molecule has 1 heteroatoms. The summed E-state index contributed by atoms with van der Waals surface area (Å²) in [5, 5.41) is 2.57. The minimum atomic E-state index is 1.12. The zero-order valence-corrected chi connectivity index (χ0v) is 25.8. The van der Waals surface area contributed by atoms with Crippen LogP contribution in [0.4, 0.5) is 17.1 Å². The van der Waals surface area contributed by atoms with E-state index in [-0.39, 0.29) is 0 Å². The van der Waals surface area contributed by atoms with Crippen LogP contribution in [0.5, 0.6) is 0 Å². The van der Waals surface area contributed by atoms with Crippen molar-refractivity contribution in [1.29, 1.82) is 0 Å². The number of rotatable bonds is 5. The molecule has 0 heterocycles. The highest BCUT2D eigenvalue weighted by Gasteiger charge is 2.23. The van der Waals surface area contributed by atoms with Crippen molar-refractivity contribution in [3.8, 4) is 55.6 Å². The quantitative estimate of drug-likeness (QED) is 0.191. The minimum Gasteiger partial charge on any atom is -0.310 e. The number of hydrogen-bond acceptors (Lipinski definition) is 1. The maximum absolute atomic E-state index is 2.39. The van der Waals surface area contributed by atoms with E-state index in [0.29, 0.717) is 0 Å². The molecule has 0 bridgehead atoms. The van der Waals surface area contributed by atoms with Crippen molar-refractivity contribution < 1.29 is 0 Å². The number of anilines is 3. The van der Waals surface area contributed by atoms with Crippen molar-refractivity contribution in [3.63, 3.8) is 0 Å². The summed E-state index contributed by atoms with van der Waals surface area (Å²) < 4.78 is 0. The summed E-state index contributed by atoms with van der Waals surface area (Å²) >= 11 is 0. The van der Waals surface area contributed by atoms with Crippen LogP contribution in [0.2, 0.25) is 0 Å². The molecule has 0 amide bonds. The molecule has 1 aliphatic carbocycles. The van der Waals surface area contributed by atoms with Gasteiger partial charge in [-0.15, -0.1) is 0 Å². The summed E-state index contributed by atoms with van der Waals surface area (Å²) in [4.78, 5) is 2.38. The Kier molecular flexibility index (Phi) is 6.54. The lowest BCUT2D eigenvalue weighted by Gasteiger charge is -2.27. The third kappa shape index (κ3) is 4.72. The molecule has 0 fully saturated rings. The maximum Gasteiger partial charge on any atom is 0.0468 e. The Bertz CT molecular complexity index is 2280. The molecule has 0 unspecified atom stereocenters. The first-order chi connectivity index (χ1) is 23.3. The number of fused-ring (bicyclic) bond motifs is 5. The van der Waals surface area contributed by atoms with Gasteiger partial charge in [0, 0.05) is 17.1 Å². The van der Waals surface area contributed by atoms with Crippen molar-refractivity contribution in [2.75, 3.05) is 4.90 Å². The van der Waals surface area contributed by atoms with Crippen molar-refractivity contribution in [3.05, 3.63) is 188 Å². The van der Waals surface area contributed by atoms with Crippen LogP contribution in [0.3, 0.4) is 0 Å². The molecule has 0 saturated heterocycles. The van der Waals surface area contributed by atoms with Gasteiger partial charge in [0.25, 0.3) is 0 Å². The van der Waals surface area contributed by atoms with Gasteiger partial charge in [0.2, 0.25) is 0 Å². The van der Waals surface area contributed by atoms with Crippen LogP contribution in [-0.4, -0.2) is 0 Å². The smallest absolute Gasteiger partial charge is 0.0468 e. The largest absolute Gasteiger partial charge is 0.310 e. The highest BCUT2D eigenvalue weighted by Crippen LogP contribution is 2.49. The molecule has 1 aliphatic rings. The maximum atomic E-state index is 2.39. The standard InChI is InChI=1S/C46H31N/c1-3-11-32(12-4-1)34-21-25-37(26-22-34)47(38-27-23-35(24-28-38)33-13-5-2-6-14-33)39-29-30-42-40-17-7-8-18-41(40)43-19-9-15-36-16-10-20-44(46(36)43)45(42)31-39/h1-31H. The Balaban J connectivity index is 1.24. The molecule has 9 rings (SSSR count). The molecule has 8 aromatic rings. The van der Waals surface area contributed by atoms with Gasteiger partial charge in [-0.2, -0.15) is 0 Å². The molecule has 0 aliphatic heterocycles. The Morgan fingerprint density at radius 1 is 0.255 bits per heavy atom. The zero-order valence-electron chi connectivity index (χ0n) is 25.8. The molecule has 0 saturated carbocycles. The summed E-state index contributed by atoms with van der Waals surface area (Å²) in [6.45, 7) is 0. The molecule has 8 aromatic carbocycles. The van der Waals surface area contributed by atoms with E-state index in [2.05, 4.69) is 193 Å². The van der Waals surface area contributed by atoms with E-state index in [4.69, 9.17) is 0 Å². The normalized spacial score (nSPS) is 11.4. The van der Waals surface area contributed by atoms with E-state index in [9.17, 15) is 0 Å². The first-order valence-corrected chi connectivity index (χ1v) is 16.2. The fourth-order valence-electron chi connectivity index (χ4n) is 7.19. The lowest BCUT2D eigenvalue weighted by atomic mass is 9.93. The SMILES string of the molecule is c1ccc(-c2ccc(N(c3ccc(-c4ccccc4)cc3)c3ccc4c(c3)-c3cccc5cccc(c35)-c3ccccc3-4)cc2)cc1. The number of nitrogens with zero attached hydrogens (tertiary/aromatic N) is 1. The molecule has 220 valence electrons. The minimum absolute atomic E-state index is 1.12. The zero-order chi connectivity index (χ0) is 31.2. The first kappa shape index (κ1) is 27.2. The van der Waals surface area contributed by atoms with Gasteiger partial charge in [0.1, 0.15) is 0 Å². The first-order valence-electron chi connectivity index (χ1n) is 16.2. The van der Waals surface area contributed by atoms with E-state index in [1.807, 2.05) is 0 Å². The van der Waals surface area contributed by atoms with Crippen LogP contribution in [0.15, 0.2) is 188 Å². The van der Waals surface area contributed by atoms with Gasteiger partial charge >= 0.3 is 0 Å². The van der Waals surface area contributed by atoms with Crippen LogP contribution in [0.1, 0.15) is 0 Å². The summed E-state index contributed by atoms with van der Waals surface area (Å²) in [5.41, 5.74) is 15.8. The van der Waals surface area contributed by atoms with Gasteiger partial charge in [-0.05, 0) is 103 Å². The molecular weight excluding hydrogens is 567 g/mol. The highest BCUT2D eigenvalue weighted by molar-refractivity contribution is 6.13. The Morgan fingerprint density at radius 2 is 0.660 bits per heavy atom. The van der Waals surface area contributed by atoms with Crippen LogP contribution < -0.4 is 4.90 Å². The third-order valence-electron chi connectivity index (χ3n) is 9.43.